The highest BCUT2D eigenvalue weighted by Crippen LogP contribution is 2.00. The molecule has 0 aromatic rings. The number of ketones is 1. The molecule has 0 N–H and O–H groups in total. The third-order valence-electron chi connectivity index (χ3n) is 1.35. The van der Waals surface area contributed by atoms with Gasteiger partial charge in [0.05, 0.1) is 0 Å². The fraction of sp³-hybridized carbons (Fsp3) is 0.750. The van der Waals surface area contributed by atoms with Crippen LogP contribution in [-0.2, 0) is 4.79 Å². The summed E-state index contributed by atoms with van der Waals surface area (Å²) in [6.07, 6.45) is 5.82. The van der Waals surface area contributed by atoms with Crippen LogP contribution in [0.25, 0.3) is 0 Å². The molecule has 0 heterocycles. The number of carbonyl (C=O) groups is 1. The Bertz CT molecular complexity index is 76.6. The van der Waals surface area contributed by atoms with Crippen molar-refractivity contribution >= 4 is 5.78 Å². The van der Waals surface area contributed by atoms with Gasteiger partial charge >= 0.3 is 0 Å². The quantitative estimate of drug-likeness (QED) is 0.518. The van der Waals surface area contributed by atoms with Gasteiger partial charge in [0.25, 0.3) is 0 Å². The minimum Gasteiger partial charge on any atom is -0.299 e. The molecule has 0 aromatic carbocycles. The molecule has 0 saturated heterocycles. The van der Waals surface area contributed by atoms with Crippen molar-refractivity contribution in [1.29, 1.82) is 0 Å². The number of hydrogen-bond acceptors (Lipinski definition) is 1. The van der Waals surface area contributed by atoms with Crippen molar-refractivity contribution in [2.75, 3.05) is 0 Å². The number of carbonyl (C=O) groups excluding carboxylic acids is 1. The van der Waals surface area contributed by atoms with Gasteiger partial charge in [-0.1, -0.05) is 26.7 Å². The van der Waals surface area contributed by atoms with Gasteiger partial charge in [-0.15, -0.1) is 0 Å². The lowest BCUT2D eigenvalue weighted by Crippen LogP contribution is -1.94. The van der Waals surface area contributed by atoms with E-state index in [1.54, 1.807) is 13.3 Å². The van der Waals surface area contributed by atoms with Gasteiger partial charge in [0.1, 0.15) is 5.78 Å². The molecule has 0 fully saturated rings. The first-order chi connectivity index (χ1) is 4.31. The predicted molar refractivity (Wildman–Crippen MR) is 39.1 cm³/mol. The van der Waals surface area contributed by atoms with Crippen LogP contribution in [0.5, 0.6) is 0 Å². The largest absolute Gasteiger partial charge is 0.299 e. The van der Waals surface area contributed by atoms with E-state index in [4.69, 9.17) is 0 Å². The van der Waals surface area contributed by atoms with Gasteiger partial charge in [0.2, 0.25) is 0 Å². The SMILES string of the molecule is C[CH]C(=O)CCCCC. The minimum atomic E-state index is 0.281. The number of rotatable bonds is 5. The third kappa shape index (κ3) is 5.54. The van der Waals surface area contributed by atoms with Crippen molar-refractivity contribution in [2.45, 2.75) is 39.5 Å². The van der Waals surface area contributed by atoms with Crippen LogP contribution in [0.2, 0.25) is 0 Å². The molecule has 0 aliphatic carbocycles. The topological polar surface area (TPSA) is 17.1 Å². The van der Waals surface area contributed by atoms with Crippen LogP contribution >= 0.6 is 0 Å². The zero-order valence-electron chi connectivity index (χ0n) is 6.31. The molecule has 0 aliphatic heterocycles. The van der Waals surface area contributed by atoms with Gasteiger partial charge in [-0.05, 0) is 6.42 Å². The van der Waals surface area contributed by atoms with Crippen LogP contribution in [-0.4, -0.2) is 5.78 Å². The Kier molecular flexibility index (Phi) is 5.59. The molecular formula is C8H15O. The maximum absolute atomic E-state index is 10.6. The molecule has 0 aromatic heterocycles. The highest BCUT2D eigenvalue weighted by Gasteiger charge is 1.95. The summed E-state index contributed by atoms with van der Waals surface area (Å²) in [5.41, 5.74) is 0. The molecule has 53 valence electrons. The highest BCUT2D eigenvalue weighted by molar-refractivity contribution is 5.86. The lowest BCUT2D eigenvalue weighted by molar-refractivity contribution is -0.115. The van der Waals surface area contributed by atoms with E-state index in [1.807, 2.05) is 0 Å². The summed E-state index contributed by atoms with van der Waals surface area (Å²) in [5.74, 6) is 0.281. The van der Waals surface area contributed by atoms with Crippen LogP contribution in [0.3, 0.4) is 0 Å². The third-order valence-corrected chi connectivity index (χ3v) is 1.35. The zero-order valence-corrected chi connectivity index (χ0v) is 6.31. The molecule has 0 bridgehead atoms. The summed E-state index contributed by atoms with van der Waals surface area (Å²) in [4.78, 5) is 10.6. The Morgan fingerprint density at radius 3 is 2.56 bits per heavy atom. The average molecular weight is 127 g/mol. The first kappa shape index (κ1) is 8.67. The van der Waals surface area contributed by atoms with E-state index >= 15 is 0 Å². The smallest absolute Gasteiger partial charge is 0.136 e. The summed E-state index contributed by atoms with van der Waals surface area (Å²) >= 11 is 0. The number of hydrogen-bond donors (Lipinski definition) is 0. The van der Waals surface area contributed by atoms with Crippen LogP contribution in [0.4, 0.5) is 0 Å². The van der Waals surface area contributed by atoms with Gasteiger partial charge in [0.15, 0.2) is 0 Å². The average Bonchev–Trinajstić information content (AvgIpc) is 1.89. The van der Waals surface area contributed by atoms with Crippen molar-refractivity contribution in [2.24, 2.45) is 0 Å². The minimum absolute atomic E-state index is 0.281. The second kappa shape index (κ2) is 5.80. The molecule has 0 aliphatic rings. The molecular weight excluding hydrogens is 112 g/mol. The summed E-state index contributed by atoms with van der Waals surface area (Å²) < 4.78 is 0. The highest BCUT2D eigenvalue weighted by atomic mass is 16.1. The van der Waals surface area contributed by atoms with E-state index in [-0.39, 0.29) is 5.78 Å². The standard InChI is InChI=1S/C8H15O/c1-3-5-6-7-8(9)4-2/h4H,3,5-7H2,1-2H3. The van der Waals surface area contributed by atoms with Crippen molar-refractivity contribution in [1.82, 2.24) is 0 Å². The summed E-state index contributed by atoms with van der Waals surface area (Å²) in [5, 5.41) is 0. The molecule has 9 heavy (non-hydrogen) atoms. The number of unbranched alkanes of at least 4 members (excludes halogenated alkanes) is 2. The van der Waals surface area contributed by atoms with E-state index in [0.29, 0.717) is 0 Å². The summed E-state index contributed by atoms with van der Waals surface area (Å²) in [6.45, 7) is 3.94. The first-order valence-corrected chi connectivity index (χ1v) is 3.63. The second-order valence-corrected chi connectivity index (χ2v) is 2.21. The Balaban J connectivity index is 2.97. The second-order valence-electron chi connectivity index (χ2n) is 2.21. The molecule has 1 radical (unpaired) electrons. The molecule has 0 saturated carbocycles. The Morgan fingerprint density at radius 2 is 2.11 bits per heavy atom. The molecule has 0 rings (SSSR count). The van der Waals surface area contributed by atoms with Gasteiger partial charge < -0.3 is 0 Å². The fourth-order valence-corrected chi connectivity index (χ4v) is 0.694. The van der Waals surface area contributed by atoms with Crippen LogP contribution in [0.1, 0.15) is 39.5 Å². The Labute approximate surface area is 57.5 Å². The Hall–Kier alpha value is -0.330. The predicted octanol–water partition coefficient (Wildman–Crippen LogP) is 2.36. The maximum Gasteiger partial charge on any atom is 0.136 e. The monoisotopic (exact) mass is 127 g/mol. The van der Waals surface area contributed by atoms with Gasteiger partial charge in [-0.25, -0.2) is 0 Å². The Morgan fingerprint density at radius 1 is 1.44 bits per heavy atom. The summed E-state index contributed by atoms with van der Waals surface area (Å²) in [6, 6.07) is 0. The molecule has 1 nitrogen and oxygen atoms in total. The van der Waals surface area contributed by atoms with Crippen LogP contribution < -0.4 is 0 Å². The van der Waals surface area contributed by atoms with Crippen molar-refractivity contribution < 1.29 is 4.79 Å². The molecule has 0 amide bonds. The lowest BCUT2D eigenvalue weighted by atomic mass is 10.1. The lowest BCUT2D eigenvalue weighted by Gasteiger charge is -1.93. The summed E-state index contributed by atoms with van der Waals surface area (Å²) in [7, 11) is 0. The maximum atomic E-state index is 10.6. The van der Waals surface area contributed by atoms with Crippen molar-refractivity contribution in [3.8, 4) is 0 Å². The van der Waals surface area contributed by atoms with Crippen LogP contribution in [0.15, 0.2) is 0 Å². The first-order valence-electron chi connectivity index (χ1n) is 3.63. The normalized spacial score (nSPS) is 9.56. The van der Waals surface area contributed by atoms with Crippen molar-refractivity contribution in [3.63, 3.8) is 0 Å². The van der Waals surface area contributed by atoms with E-state index in [1.165, 1.54) is 12.8 Å². The fourth-order valence-electron chi connectivity index (χ4n) is 0.694. The molecule has 0 spiro atoms. The van der Waals surface area contributed by atoms with E-state index in [2.05, 4.69) is 6.92 Å². The van der Waals surface area contributed by atoms with E-state index < -0.39 is 0 Å². The molecule has 1 heteroatoms. The van der Waals surface area contributed by atoms with E-state index in [9.17, 15) is 4.79 Å². The molecule has 0 unspecified atom stereocenters. The van der Waals surface area contributed by atoms with Crippen molar-refractivity contribution in [3.05, 3.63) is 6.42 Å². The molecule has 0 atom stereocenters. The number of Topliss-reactive ketones (excluding diaryl/α,β-unsaturated/α-hetero) is 1. The van der Waals surface area contributed by atoms with Gasteiger partial charge in [-0.2, -0.15) is 0 Å². The van der Waals surface area contributed by atoms with E-state index in [0.717, 1.165) is 12.8 Å². The van der Waals surface area contributed by atoms with Crippen LogP contribution in [0, 0.1) is 6.42 Å². The van der Waals surface area contributed by atoms with Gasteiger partial charge in [-0.3, -0.25) is 4.79 Å². The zero-order chi connectivity index (χ0) is 7.11. The van der Waals surface area contributed by atoms with Gasteiger partial charge in [0, 0.05) is 12.8 Å².